The standard InChI is InChI=1S/C43H51N.C9H12.C2H6/c1-11-33-13-21-39(22-14-33)44(41-30(4)25-34(12-2)26-31(41)5)40-23-17-36(18-24-40)35-15-19-37(20-16-35)43(10)28-38(42(7,8)9)27-29(3)32(43)6;1-3-9-6-4-8(2)5-7-9;1-2/h13-28,32H,11-12H2,1-10H3;4-7H,3H2,1-2H3;1-2H3. The SMILES string of the molecule is CC.CCc1ccc(C)cc1.CCc1ccc(N(c2ccc(-c3ccc(C4(C)C=C(C(C)(C)C)C=C(C)C4C)cc3)cc2)c2c(C)cc(CC)cc2C)cc1. The van der Waals surface area contributed by atoms with Crippen LogP contribution < -0.4 is 4.90 Å². The third kappa shape index (κ3) is 10.2. The maximum Gasteiger partial charge on any atom is 0.0520 e. The predicted octanol–water partition coefficient (Wildman–Crippen LogP) is 16.0. The summed E-state index contributed by atoms with van der Waals surface area (Å²) in [6.45, 7) is 31.2. The highest BCUT2D eigenvalue weighted by atomic mass is 15.1. The van der Waals surface area contributed by atoms with Gasteiger partial charge in [-0.25, -0.2) is 0 Å². The minimum atomic E-state index is -0.0271. The van der Waals surface area contributed by atoms with Gasteiger partial charge in [0.2, 0.25) is 0 Å². The third-order valence-electron chi connectivity index (χ3n) is 11.6. The van der Waals surface area contributed by atoms with Crippen LogP contribution in [0.3, 0.4) is 0 Å². The number of rotatable bonds is 8. The molecule has 5 aromatic rings. The monoisotopic (exact) mass is 732 g/mol. The Morgan fingerprint density at radius 1 is 0.582 bits per heavy atom. The van der Waals surface area contributed by atoms with Gasteiger partial charge in [-0.15, -0.1) is 0 Å². The van der Waals surface area contributed by atoms with E-state index in [0.29, 0.717) is 5.92 Å². The van der Waals surface area contributed by atoms with Crippen molar-refractivity contribution in [3.05, 3.63) is 171 Å². The van der Waals surface area contributed by atoms with Crippen molar-refractivity contribution < 1.29 is 0 Å². The van der Waals surface area contributed by atoms with Crippen molar-refractivity contribution in [2.24, 2.45) is 11.3 Å². The van der Waals surface area contributed by atoms with Gasteiger partial charge in [0.25, 0.3) is 0 Å². The maximum atomic E-state index is 2.52. The lowest BCUT2D eigenvalue weighted by Crippen LogP contribution is -2.33. The lowest BCUT2D eigenvalue weighted by Gasteiger charge is -2.40. The summed E-state index contributed by atoms with van der Waals surface area (Å²) in [6.07, 6.45) is 8.15. The van der Waals surface area contributed by atoms with Gasteiger partial charge in [0.1, 0.15) is 0 Å². The molecule has 1 aliphatic rings. The zero-order valence-electron chi connectivity index (χ0n) is 36.7. The molecule has 0 spiro atoms. The molecule has 1 heteroatoms. The average molecular weight is 732 g/mol. The molecular weight excluding hydrogens is 663 g/mol. The molecule has 0 N–H and O–H groups in total. The van der Waals surface area contributed by atoms with E-state index in [1.165, 1.54) is 78.3 Å². The number of nitrogens with zero attached hydrogens (tertiary/aromatic N) is 1. The molecule has 0 saturated carbocycles. The van der Waals surface area contributed by atoms with E-state index in [-0.39, 0.29) is 10.8 Å². The summed E-state index contributed by atoms with van der Waals surface area (Å²) in [5, 5.41) is 0. The van der Waals surface area contributed by atoms with E-state index in [0.717, 1.165) is 19.3 Å². The summed E-state index contributed by atoms with van der Waals surface area (Å²) in [7, 11) is 0. The van der Waals surface area contributed by atoms with E-state index in [1.807, 2.05) is 13.8 Å². The Morgan fingerprint density at radius 3 is 1.44 bits per heavy atom. The van der Waals surface area contributed by atoms with Crippen LogP contribution in [0, 0.1) is 32.1 Å². The van der Waals surface area contributed by atoms with Crippen LogP contribution in [0.15, 0.2) is 132 Å². The molecule has 0 bridgehead atoms. The summed E-state index contributed by atoms with van der Waals surface area (Å²) in [5.41, 5.74) is 18.6. The Hall–Kier alpha value is -4.62. The molecule has 0 radical (unpaired) electrons. The summed E-state index contributed by atoms with van der Waals surface area (Å²) >= 11 is 0. The van der Waals surface area contributed by atoms with Gasteiger partial charge in [-0.3, -0.25) is 0 Å². The highest BCUT2D eigenvalue weighted by molar-refractivity contribution is 5.82. The van der Waals surface area contributed by atoms with Crippen molar-refractivity contribution in [2.45, 2.75) is 122 Å². The van der Waals surface area contributed by atoms with Gasteiger partial charge >= 0.3 is 0 Å². The average Bonchev–Trinajstić information content (AvgIpc) is 3.19. The second-order valence-corrected chi connectivity index (χ2v) is 16.5. The molecule has 290 valence electrons. The highest BCUT2D eigenvalue weighted by Gasteiger charge is 2.36. The van der Waals surface area contributed by atoms with E-state index in [9.17, 15) is 0 Å². The fraction of sp³-hybridized carbons (Fsp3) is 0.370. The summed E-state index contributed by atoms with van der Waals surface area (Å²) in [4.78, 5) is 2.43. The van der Waals surface area contributed by atoms with Gasteiger partial charge in [0.15, 0.2) is 0 Å². The molecule has 1 nitrogen and oxygen atoms in total. The van der Waals surface area contributed by atoms with Crippen molar-refractivity contribution in [2.75, 3.05) is 4.90 Å². The first-order valence-electron chi connectivity index (χ1n) is 20.9. The molecule has 0 aliphatic heterocycles. The molecule has 2 unspecified atom stereocenters. The van der Waals surface area contributed by atoms with Gasteiger partial charge < -0.3 is 4.90 Å². The molecule has 1 aliphatic carbocycles. The number of allylic oxidation sites excluding steroid dienone is 4. The van der Waals surface area contributed by atoms with Gasteiger partial charge in [-0.2, -0.15) is 0 Å². The molecule has 0 saturated heterocycles. The second kappa shape index (κ2) is 18.8. The van der Waals surface area contributed by atoms with E-state index in [2.05, 4.69) is 209 Å². The van der Waals surface area contributed by atoms with Gasteiger partial charge in [0.05, 0.1) is 5.69 Å². The van der Waals surface area contributed by atoms with Crippen LogP contribution in [0.4, 0.5) is 17.1 Å². The first kappa shape index (κ1) is 43.1. The lowest BCUT2D eigenvalue weighted by atomic mass is 9.63. The van der Waals surface area contributed by atoms with Crippen LogP contribution in [0.1, 0.15) is 115 Å². The topological polar surface area (TPSA) is 3.24 Å². The summed E-state index contributed by atoms with van der Waals surface area (Å²) < 4.78 is 0. The van der Waals surface area contributed by atoms with Crippen molar-refractivity contribution in [3.63, 3.8) is 0 Å². The largest absolute Gasteiger partial charge is 0.310 e. The van der Waals surface area contributed by atoms with Crippen LogP contribution in [-0.4, -0.2) is 0 Å². The van der Waals surface area contributed by atoms with E-state index in [1.54, 1.807) is 0 Å². The van der Waals surface area contributed by atoms with Crippen molar-refractivity contribution in [1.82, 2.24) is 0 Å². The van der Waals surface area contributed by atoms with Crippen LogP contribution in [0.2, 0.25) is 0 Å². The Morgan fingerprint density at radius 2 is 1.00 bits per heavy atom. The normalized spacial score (nSPS) is 16.5. The van der Waals surface area contributed by atoms with Gasteiger partial charge in [-0.1, -0.05) is 177 Å². The third-order valence-corrected chi connectivity index (χ3v) is 11.6. The molecule has 6 rings (SSSR count). The minimum absolute atomic E-state index is 0.0271. The van der Waals surface area contributed by atoms with Gasteiger partial charge in [-0.05, 0) is 133 Å². The zero-order valence-corrected chi connectivity index (χ0v) is 36.7. The van der Waals surface area contributed by atoms with E-state index < -0.39 is 0 Å². The molecule has 0 fully saturated rings. The van der Waals surface area contributed by atoms with Crippen LogP contribution in [-0.2, 0) is 24.7 Å². The molecule has 0 aromatic heterocycles. The van der Waals surface area contributed by atoms with Crippen LogP contribution in [0.25, 0.3) is 11.1 Å². The Labute approximate surface area is 336 Å². The van der Waals surface area contributed by atoms with E-state index in [4.69, 9.17) is 0 Å². The summed E-state index contributed by atoms with van der Waals surface area (Å²) in [5.74, 6) is 0.453. The number of benzene rings is 5. The van der Waals surface area contributed by atoms with Crippen molar-refractivity contribution >= 4 is 17.1 Å². The number of aryl methyl sites for hydroxylation is 6. The molecule has 5 aromatic carbocycles. The lowest BCUT2D eigenvalue weighted by molar-refractivity contribution is 0.410. The van der Waals surface area contributed by atoms with E-state index >= 15 is 0 Å². The fourth-order valence-corrected chi connectivity index (χ4v) is 7.64. The summed E-state index contributed by atoms with van der Waals surface area (Å²) in [6, 6.07) is 40.8. The molecule has 0 amide bonds. The Balaban J connectivity index is 0.000000531. The zero-order chi connectivity index (χ0) is 40.5. The van der Waals surface area contributed by atoms with Crippen molar-refractivity contribution in [3.8, 4) is 11.1 Å². The first-order chi connectivity index (χ1) is 26.2. The second-order valence-electron chi connectivity index (χ2n) is 16.5. The fourth-order valence-electron chi connectivity index (χ4n) is 7.64. The number of anilines is 3. The number of hydrogen-bond donors (Lipinski definition) is 0. The maximum absolute atomic E-state index is 2.52. The predicted molar refractivity (Wildman–Crippen MR) is 245 cm³/mol. The number of hydrogen-bond acceptors (Lipinski definition) is 1. The van der Waals surface area contributed by atoms with Crippen LogP contribution in [0.5, 0.6) is 0 Å². The molecule has 55 heavy (non-hydrogen) atoms. The molecule has 0 heterocycles. The van der Waals surface area contributed by atoms with Crippen molar-refractivity contribution in [1.29, 1.82) is 0 Å². The first-order valence-corrected chi connectivity index (χ1v) is 20.9. The minimum Gasteiger partial charge on any atom is -0.310 e. The highest BCUT2D eigenvalue weighted by Crippen LogP contribution is 2.46. The Kier molecular flexibility index (Phi) is 14.7. The Bertz CT molecular complexity index is 2010. The smallest absolute Gasteiger partial charge is 0.0520 e. The molecule has 2 atom stereocenters. The quantitative estimate of drug-likeness (QED) is 0.154. The van der Waals surface area contributed by atoms with Crippen LogP contribution >= 0.6 is 0 Å². The molecular formula is C54H69N. The van der Waals surface area contributed by atoms with Gasteiger partial charge in [0, 0.05) is 16.8 Å².